The van der Waals surface area contributed by atoms with Crippen LogP contribution in [0.3, 0.4) is 0 Å². The van der Waals surface area contributed by atoms with Crippen LogP contribution in [0.1, 0.15) is 25.3 Å². The Morgan fingerprint density at radius 1 is 1.40 bits per heavy atom. The van der Waals surface area contributed by atoms with E-state index in [-0.39, 0.29) is 5.91 Å². The van der Waals surface area contributed by atoms with E-state index in [4.69, 9.17) is 18.0 Å². The first kappa shape index (κ1) is 14.8. The van der Waals surface area contributed by atoms with Gasteiger partial charge in [-0.3, -0.25) is 4.79 Å². The third-order valence-electron chi connectivity index (χ3n) is 3.60. The molecule has 1 aliphatic rings. The van der Waals surface area contributed by atoms with E-state index in [1.807, 2.05) is 48.0 Å². The van der Waals surface area contributed by atoms with E-state index in [0.29, 0.717) is 17.6 Å². The number of rotatable bonds is 6. The van der Waals surface area contributed by atoms with Crippen molar-refractivity contribution in [3.63, 3.8) is 0 Å². The predicted octanol–water partition coefficient (Wildman–Crippen LogP) is 1.77. The van der Waals surface area contributed by atoms with Gasteiger partial charge in [-0.25, -0.2) is 0 Å². The van der Waals surface area contributed by atoms with E-state index in [1.165, 1.54) is 0 Å². The summed E-state index contributed by atoms with van der Waals surface area (Å²) in [5.41, 5.74) is 7.45. The Hall–Kier alpha value is -1.62. The summed E-state index contributed by atoms with van der Waals surface area (Å²) in [6.45, 7) is 3.15. The van der Waals surface area contributed by atoms with Crippen molar-refractivity contribution < 1.29 is 4.79 Å². The van der Waals surface area contributed by atoms with Crippen molar-refractivity contribution in [3.8, 4) is 0 Å². The third-order valence-corrected chi connectivity index (χ3v) is 3.82. The molecule has 5 heteroatoms. The van der Waals surface area contributed by atoms with Crippen LogP contribution in [0.25, 0.3) is 0 Å². The summed E-state index contributed by atoms with van der Waals surface area (Å²) in [5, 5.41) is 0. The number of amides is 1. The highest BCUT2D eigenvalue weighted by molar-refractivity contribution is 7.80. The molecule has 0 aromatic heterocycles. The number of carbonyl (C=O) groups excluding carboxylic acids is 1. The summed E-state index contributed by atoms with van der Waals surface area (Å²) in [4.78, 5) is 16.6. The fourth-order valence-electron chi connectivity index (χ4n) is 2.42. The van der Waals surface area contributed by atoms with Crippen LogP contribution >= 0.6 is 12.2 Å². The molecule has 0 saturated heterocycles. The average Bonchev–Trinajstić information content (AvgIpc) is 3.24. The van der Waals surface area contributed by atoms with Gasteiger partial charge in [0.15, 0.2) is 0 Å². The molecule has 0 unspecified atom stereocenters. The largest absolute Gasteiger partial charge is 0.389 e. The minimum atomic E-state index is 0.162. The van der Waals surface area contributed by atoms with Gasteiger partial charge in [-0.15, -0.1) is 0 Å². The van der Waals surface area contributed by atoms with Gasteiger partial charge in [0.25, 0.3) is 0 Å². The molecule has 4 nitrogen and oxygen atoms in total. The monoisotopic (exact) mass is 291 g/mol. The Morgan fingerprint density at radius 2 is 2.05 bits per heavy atom. The van der Waals surface area contributed by atoms with Crippen LogP contribution in [0.4, 0.5) is 5.69 Å². The van der Waals surface area contributed by atoms with E-state index in [0.717, 1.165) is 30.6 Å². The molecular formula is C15H21N3OS. The lowest BCUT2D eigenvalue weighted by Gasteiger charge is -2.26. The number of anilines is 1. The highest BCUT2D eigenvalue weighted by Gasteiger charge is 2.31. The predicted molar refractivity (Wildman–Crippen MR) is 86.0 cm³/mol. The lowest BCUT2D eigenvalue weighted by molar-refractivity contribution is -0.130. The second-order valence-electron chi connectivity index (χ2n) is 5.15. The van der Waals surface area contributed by atoms with Crippen LogP contribution < -0.4 is 10.6 Å². The molecule has 20 heavy (non-hydrogen) atoms. The van der Waals surface area contributed by atoms with E-state index in [2.05, 4.69) is 0 Å². The molecule has 2 N–H and O–H groups in total. The van der Waals surface area contributed by atoms with Crippen LogP contribution in [0.2, 0.25) is 0 Å². The Balaban J connectivity index is 2.09. The molecule has 0 atom stereocenters. The van der Waals surface area contributed by atoms with Crippen molar-refractivity contribution in [1.29, 1.82) is 0 Å². The number of nitrogens with two attached hydrogens (primary N) is 1. The fourth-order valence-corrected chi connectivity index (χ4v) is 2.59. The van der Waals surface area contributed by atoms with Gasteiger partial charge in [0.2, 0.25) is 5.91 Å². The Bertz CT molecular complexity index is 514. The number of thiocarbonyl (C=S) groups is 1. The van der Waals surface area contributed by atoms with Crippen LogP contribution in [-0.2, 0) is 4.79 Å². The van der Waals surface area contributed by atoms with Crippen molar-refractivity contribution in [1.82, 2.24) is 4.90 Å². The van der Waals surface area contributed by atoms with Crippen LogP contribution in [0.5, 0.6) is 0 Å². The molecule has 0 radical (unpaired) electrons. The third kappa shape index (κ3) is 3.28. The molecule has 1 saturated carbocycles. The molecule has 1 amide bonds. The molecule has 1 aromatic carbocycles. The first-order valence-electron chi connectivity index (χ1n) is 6.94. The number of hydrogen-bond acceptors (Lipinski definition) is 3. The second kappa shape index (κ2) is 6.22. The second-order valence-corrected chi connectivity index (χ2v) is 5.59. The molecular weight excluding hydrogens is 270 g/mol. The van der Waals surface area contributed by atoms with E-state index in [9.17, 15) is 4.79 Å². The Morgan fingerprint density at radius 3 is 2.60 bits per heavy atom. The van der Waals surface area contributed by atoms with E-state index >= 15 is 0 Å². The SMILES string of the molecule is CCN(C(=O)CN(C)c1ccccc1C(N)=S)C1CC1. The summed E-state index contributed by atoms with van der Waals surface area (Å²) in [6.07, 6.45) is 2.26. The molecule has 0 heterocycles. The minimum absolute atomic E-state index is 0.162. The van der Waals surface area contributed by atoms with Crippen LogP contribution in [0, 0.1) is 0 Å². The van der Waals surface area contributed by atoms with Gasteiger partial charge in [0.1, 0.15) is 4.99 Å². The molecule has 0 spiro atoms. The highest BCUT2D eigenvalue weighted by atomic mass is 32.1. The zero-order valence-corrected chi connectivity index (χ0v) is 12.8. The number of para-hydroxylation sites is 1. The maximum absolute atomic E-state index is 12.3. The first-order chi connectivity index (χ1) is 9.54. The maximum Gasteiger partial charge on any atom is 0.242 e. The van der Waals surface area contributed by atoms with E-state index < -0.39 is 0 Å². The summed E-state index contributed by atoms with van der Waals surface area (Å²) >= 11 is 5.06. The van der Waals surface area contributed by atoms with Crippen LogP contribution in [-0.4, -0.2) is 42.0 Å². The Kier molecular flexibility index (Phi) is 4.60. The fraction of sp³-hybridized carbons (Fsp3) is 0.467. The summed E-state index contributed by atoms with van der Waals surface area (Å²) in [6, 6.07) is 8.10. The number of benzene rings is 1. The number of carbonyl (C=O) groups is 1. The van der Waals surface area contributed by atoms with Crippen molar-refractivity contribution in [2.24, 2.45) is 5.73 Å². The number of likely N-dealkylation sites (N-methyl/N-ethyl adjacent to an activating group) is 2. The van der Waals surface area contributed by atoms with E-state index in [1.54, 1.807) is 0 Å². The normalized spacial score (nSPS) is 13.9. The van der Waals surface area contributed by atoms with Gasteiger partial charge < -0.3 is 15.5 Å². The number of nitrogens with zero attached hydrogens (tertiary/aromatic N) is 2. The number of hydrogen-bond donors (Lipinski definition) is 1. The first-order valence-corrected chi connectivity index (χ1v) is 7.34. The Labute approximate surface area is 125 Å². The zero-order chi connectivity index (χ0) is 14.7. The molecule has 1 aliphatic carbocycles. The lowest BCUT2D eigenvalue weighted by Crippen LogP contribution is -2.40. The van der Waals surface area contributed by atoms with Crippen molar-refractivity contribution in [2.75, 3.05) is 25.0 Å². The topological polar surface area (TPSA) is 49.6 Å². The van der Waals surface area contributed by atoms with Crippen LogP contribution in [0.15, 0.2) is 24.3 Å². The summed E-state index contributed by atoms with van der Waals surface area (Å²) < 4.78 is 0. The molecule has 108 valence electrons. The average molecular weight is 291 g/mol. The minimum Gasteiger partial charge on any atom is -0.389 e. The molecule has 2 rings (SSSR count). The molecule has 1 fully saturated rings. The quantitative estimate of drug-likeness (QED) is 0.812. The standard InChI is InChI=1S/C15H21N3OS/c1-3-18(11-8-9-11)14(19)10-17(2)13-7-5-4-6-12(13)15(16)20/h4-7,11H,3,8-10H2,1-2H3,(H2,16,20). The maximum atomic E-state index is 12.3. The van der Waals surface area contributed by atoms with Gasteiger partial charge in [-0.2, -0.15) is 0 Å². The zero-order valence-electron chi connectivity index (χ0n) is 12.0. The van der Waals surface area contributed by atoms with Crippen molar-refractivity contribution >= 4 is 28.8 Å². The van der Waals surface area contributed by atoms with Gasteiger partial charge in [0, 0.05) is 30.9 Å². The summed E-state index contributed by atoms with van der Waals surface area (Å²) in [5.74, 6) is 0.162. The van der Waals surface area contributed by atoms with Gasteiger partial charge >= 0.3 is 0 Å². The highest BCUT2D eigenvalue weighted by Crippen LogP contribution is 2.27. The molecule has 0 bridgehead atoms. The molecule has 1 aromatic rings. The van der Waals surface area contributed by atoms with Gasteiger partial charge in [-0.05, 0) is 31.9 Å². The smallest absolute Gasteiger partial charge is 0.242 e. The van der Waals surface area contributed by atoms with Gasteiger partial charge in [-0.1, -0.05) is 24.4 Å². The lowest BCUT2D eigenvalue weighted by atomic mass is 10.1. The summed E-state index contributed by atoms with van der Waals surface area (Å²) in [7, 11) is 1.90. The molecule has 0 aliphatic heterocycles. The van der Waals surface area contributed by atoms with Crippen molar-refractivity contribution in [2.45, 2.75) is 25.8 Å². The van der Waals surface area contributed by atoms with Crippen molar-refractivity contribution in [3.05, 3.63) is 29.8 Å². The van der Waals surface area contributed by atoms with Gasteiger partial charge in [0.05, 0.1) is 6.54 Å².